The summed E-state index contributed by atoms with van der Waals surface area (Å²) in [6.07, 6.45) is 0. The zero-order valence-corrected chi connectivity index (χ0v) is 27.9. The average molecular weight is 671 g/mol. The second kappa shape index (κ2) is 10.9. The molecule has 238 valence electrons. The molecule has 11 aromatic rings. The summed E-state index contributed by atoms with van der Waals surface area (Å²) in [6.45, 7) is 0. The summed E-state index contributed by atoms with van der Waals surface area (Å²) in [4.78, 5) is 15.7. The number of nitrogens with zero attached hydrogens (tertiary/aromatic N) is 4. The first kappa shape index (κ1) is 28.2. The van der Waals surface area contributed by atoms with Gasteiger partial charge in [-0.3, -0.25) is 4.57 Å². The molecule has 0 radical (unpaired) electrons. The van der Waals surface area contributed by atoms with E-state index in [1.807, 2.05) is 47.7 Å². The summed E-state index contributed by atoms with van der Waals surface area (Å²) >= 11 is 1.82. The number of benzene rings is 7. The standard InChI is InChI=1S/C45H26N4OS/c1-2-10-27(11-3-1)28-18-20-29(21-19-28)43-46-44(30-22-25-39-36(26-30)32-13-5-8-16-38(32)50-39)48-45(47-43)49-37-15-7-4-12-31(37)34-23-24-35-33-14-6-9-17-40(33)51-42(35)41(34)49/h1-26H. The largest absolute Gasteiger partial charge is 0.456 e. The lowest BCUT2D eigenvalue weighted by molar-refractivity contribution is 0.669. The number of furan rings is 1. The third-order valence-electron chi connectivity index (χ3n) is 9.89. The van der Waals surface area contributed by atoms with E-state index in [-0.39, 0.29) is 0 Å². The molecule has 0 aliphatic carbocycles. The van der Waals surface area contributed by atoms with Crippen LogP contribution in [-0.2, 0) is 0 Å². The molecule has 0 N–H and O–H groups in total. The molecule has 51 heavy (non-hydrogen) atoms. The van der Waals surface area contributed by atoms with Crippen molar-refractivity contribution in [1.82, 2.24) is 19.5 Å². The number of rotatable bonds is 4. The number of thiophene rings is 1. The summed E-state index contributed by atoms with van der Waals surface area (Å²) in [5, 5.41) is 6.92. The van der Waals surface area contributed by atoms with Gasteiger partial charge in [0.25, 0.3) is 0 Å². The highest BCUT2D eigenvalue weighted by molar-refractivity contribution is 7.26. The molecule has 0 unspecified atom stereocenters. The molecule has 5 nitrogen and oxygen atoms in total. The van der Waals surface area contributed by atoms with Crippen molar-refractivity contribution in [3.8, 4) is 39.9 Å². The van der Waals surface area contributed by atoms with Crippen molar-refractivity contribution in [1.29, 1.82) is 0 Å². The molecule has 0 saturated carbocycles. The Kier molecular flexibility index (Phi) is 6.05. The molecule has 0 fully saturated rings. The van der Waals surface area contributed by atoms with E-state index in [2.05, 4.69) is 126 Å². The number of aromatic nitrogens is 4. The van der Waals surface area contributed by atoms with Crippen LogP contribution in [0, 0.1) is 0 Å². The fourth-order valence-corrected chi connectivity index (χ4v) is 8.71. The van der Waals surface area contributed by atoms with E-state index < -0.39 is 0 Å². The Labute approximate surface area is 295 Å². The number of para-hydroxylation sites is 2. The molecular formula is C45H26N4OS. The lowest BCUT2D eigenvalue weighted by Crippen LogP contribution is -2.06. The summed E-state index contributed by atoms with van der Waals surface area (Å²) in [5.74, 6) is 1.79. The van der Waals surface area contributed by atoms with Crippen molar-refractivity contribution in [2.24, 2.45) is 0 Å². The molecule has 0 spiro atoms. The van der Waals surface area contributed by atoms with Crippen LogP contribution in [0.1, 0.15) is 0 Å². The third-order valence-corrected chi connectivity index (χ3v) is 11.1. The van der Waals surface area contributed by atoms with Gasteiger partial charge in [0.15, 0.2) is 11.6 Å². The second-order valence-corrected chi connectivity index (χ2v) is 13.9. The summed E-state index contributed by atoms with van der Waals surface area (Å²) in [7, 11) is 0. The van der Waals surface area contributed by atoms with Crippen molar-refractivity contribution in [2.75, 3.05) is 0 Å². The van der Waals surface area contributed by atoms with Gasteiger partial charge in [-0.2, -0.15) is 9.97 Å². The molecule has 0 aliphatic heterocycles. The summed E-state index contributed by atoms with van der Waals surface area (Å²) in [6, 6.07) is 54.9. The van der Waals surface area contributed by atoms with Gasteiger partial charge in [-0.25, -0.2) is 4.98 Å². The Balaban J connectivity index is 1.20. The first-order valence-corrected chi connectivity index (χ1v) is 17.8. The maximum Gasteiger partial charge on any atom is 0.238 e. The van der Waals surface area contributed by atoms with Crippen LogP contribution in [0.25, 0.3) is 104 Å². The highest BCUT2D eigenvalue weighted by atomic mass is 32.1. The van der Waals surface area contributed by atoms with E-state index in [4.69, 9.17) is 19.4 Å². The van der Waals surface area contributed by atoms with Gasteiger partial charge in [-0.05, 0) is 47.5 Å². The quantitative estimate of drug-likeness (QED) is 0.187. The van der Waals surface area contributed by atoms with Crippen LogP contribution < -0.4 is 0 Å². The molecule has 0 aliphatic rings. The van der Waals surface area contributed by atoms with E-state index in [0.29, 0.717) is 17.6 Å². The second-order valence-electron chi connectivity index (χ2n) is 12.8. The van der Waals surface area contributed by atoms with Crippen molar-refractivity contribution < 1.29 is 4.42 Å². The fourth-order valence-electron chi connectivity index (χ4n) is 7.47. The molecule has 0 atom stereocenters. The van der Waals surface area contributed by atoms with Crippen LogP contribution >= 0.6 is 11.3 Å². The van der Waals surface area contributed by atoms with Crippen LogP contribution in [0.3, 0.4) is 0 Å². The molecule has 0 amide bonds. The predicted molar refractivity (Wildman–Crippen MR) is 211 cm³/mol. The Morgan fingerprint density at radius 1 is 0.431 bits per heavy atom. The lowest BCUT2D eigenvalue weighted by atomic mass is 10.0. The minimum absolute atomic E-state index is 0.579. The number of hydrogen-bond donors (Lipinski definition) is 0. The molecule has 7 aromatic carbocycles. The molecule has 0 bridgehead atoms. The van der Waals surface area contributed by atoms with Crippen LogP contribution in [0.15, 0.2) is 162 Å². The first-order valence-electron chi connectivity index (χ1n) is 16.9. The summed E-state index contributed by atoms with van der Waals surface area (Å²) < 4.78 is 10.9. The third kappa shape index (κ3) is 4.37. The number of fused-ring (bicyclic) bond motifs is 10. The van der Waals surface area contributed by atoms with E-state index in [0.717, 1.165) is 55.0 Å². The van der Waals surface area contributed by atoms with Gasteiger partial charge in [0.05, 0.1) is 15.7 Å². The van der Waals surface area contributed by atoms with E-state index in [9.17, 15) is 0 Å². The molecule has 0 saturated heterocycles. The topological polar surface area (TPSA) is 56.7 Å². The van der Waals surface area contributed by atoms with Crippen LogP contribution in [0.4, 0.5) is 0 Å². The van der Waals surface area contributed by atoms with Gasteiger partial charge in [-0.1, -0.05) is 121 Å². The fraction of sp³-hybridized carbons (Fsp3) is 0. The molecule has 11 rings (SSSR count). The molecular weight excluding hydrogens is 645 g/mol. The Morgan fingerprint density at radius 3 is 1.92 bits per heavy atom. The van der Waals surface area contributed by atoms with Gasteiger partial charge in [-0.15, -0.1) is 11.3 Å². The van der Waals surface area contributed by atoms with Gasteiger partial charge in [0.1, 0.15) is 11.2 Å². The van der Waals surface area contributed by atoms with Gasteiger partial charge in [0, 0.05) is 48.1 Å². The zero-order valence-electron chi connectivity index (χ0n) is 27.1. The summed E-state index contributed by atoms with van der Waals surface area (Å²) in [5.41, 5.74) is 7.97. The van der Waals surface area contributed by atoms with Crippen molar-refractivity contribution in [2.45, 2.75) is 0 Å². The minimum Gasteiger partial charge on any atom is -0.456 e. The SMILES string of the molecule is c1ccc(-c2ccc(-c3nc(-c4ccc5oc6ccccc6c5c4)nc(-n4c5ccccc5c5ccc6c7ccccc7sc6c54)n3)cc2)cc1. The van der Waals surface area contributed by atoms with Crippen molar-refractivity contribution in [3.63, 3.8) is 0 Å². The van der Waals surface area contributed by atoms with Crippen LogP contribution in [0.5, 0.6) is 0 Å². The van der Waals surface area contributed by atoms with E-state index >= 15 is 0 Å². The highest BCUT2D eigenvalue weighted by Crippen LogP contribution is 2.43. The Bertz CT molecular complexity index is 3140. The normalized spacial score (nSPS) is 11.9. The van der Waals surface area contributed by atoms with Crippen molar-refractivity contribution in [3.05, 3.63) is 158 Å². The Hall–Kier alpha value is -6.63. The van der Waals surface area contributed by atoms with Gasteiger partial charge < -0.3 is 4.42 Å². The van der Waals surface area contributed by atoms with E-state index in [1.54, 1.807) is 0 Å². The maximum absolute atomic E-state index is 6.17. The Morgan fingerprint density at radius 2 is 1.06 bits per heavy atom. The minimum atomic E-state index is 0.579. The average Bonchev–Trinajstić information content (AvgIpc) is 3.87. The van der Waals surface area contributed by atoms with Crippen LogP contribution in [0.2, 0.25) is 0 Å². The van der Waals surface area contributed by atoms with Crippen molar-refractivity contribution >= 4 is 75.3 Å². The van der Waals surface area contributed by atoms with E-state index in [1.165, 1.54) is 31.1 Å². The monoisotopic (exact) mass is 670 g/mol. The molecule has 4 heterocycles. The lowest BCUT2D eigenvalue weighted by Gasteiger charge is -2.12. The zero-order chi connectivity index (χ0) is 33.5. The smallest absolute Gasteiger partial charge is 0.238 e. The van der Waals surface area contributed by atoms with Gasteiger partial charge in [0.2, 0.25) is 5.95 Å². The van der Waals surface area contributed by atoms with Gasteiger partial charge >= 0.3 is 0 Å². The molecule has 4 aromatic heterocycles. The molecule has 6 heteroatoms. The maximum atomic E-state index is 6.17. The predicted octanol–water partition coefficient (Wildman–Crippen LogP) is 12.2. The first-order chi connectivity index (χ1) is 25.3. The van der Waals surface area contributed by atoms with Crippen LogP contribution in [-0.4, -0.2) is 19.5 Å². The highest BCUT2D eigenvalue weighted by Gasteiger charge is 2.21. The number of hydrogen-bond acceptors (Lipinski definition) is 5.